The first-order valence-corrected chi connectivity index (χ1v) is 6.69. The van der Waals surface area contributed by atoms with Gasteiger partial charge in [0, 0.05) is 38.3 Å². The van der Waals surface area contributed by atoms with Crippen molar-refractivity contribution in [2.75, 3.05) is 33.2 Å². The normalized spacial score (nSPS) is 17.9. The van der Waals surface area contributed by atoms with E-state index in [0.717, 1.165) is 19.2 Å². The highest BCUT2D eigenvalue weighted by molar-refractivity contribution is 5.94. The van der Waals surface area contributed by atoms with Crippen LogP contribution in [0.3, 0.4) is 0 Å². The standard InChI is InChI=1S/C14H18F3N3O/c1-19-5-7-20(8-6-19)9-11-10(13(18)21)3-2-4-12(11)14(15,16)17/h2-4H,5-9H2,1H3,(H2,18,21). The molecule has 1 heterocycles. The SMILES string of the molecule is CN1CCN(Cc2c(C(N)=O)cccc2C(F)(F)F)CC1. The van der Waals surface area contributed by atoms with Gasteiger partial charge in [-0.15, -0.1) is 0 Å². The van der Waals surface area contributed by atoms with Gasteiger partial charge in [-0.1, -0.05) is 6.07 Å². The highest BCUT2D eigenvalue weighted by Gasteiger charge is 2.35. The Labute approximate surface area is 121 Å². The zero-order chi connectivity index (χ0) is 15.6. The number of carbonyl (C=O) groups excluding carboxylic acids is 1. The fourth-order valence-corrected chi connectivity index (χ4v) is 2.48. The summed E-state index contributed by atoms with van der Waals surface area (Å²) < 4.78 is 39.4. The van der Waals surface area contributed by atoms with E-state index in [0.29, 0.717) is 13.1 Å². The lowest BCUT2D eigenvalue weighted by molar-refractivity contribution is -0.138. The lowest BCUT2D eigenvalue weighted by Crippen LogP contribution is -2.44. The second-order valence-electron chi connectivity index (χ2n) is 5.27. The maximum Gasteiger partial charge on any atom is 0.416 e. The largest absolute Gasteiger partial charge is 0.416 e. The van der Waals surface area contributed by atoms with E-state index < -0.39 is 17.6 Å². The Hall–Kier alpha value is -1.60. The molecular formula is C14H18F3N3O. The van der Waals surface area contributed by atoms with E-state index in [-0.39, 0.29) is 17.7 Å². The van der Waals surface area contributed by atoms with Crippen LogP contribution in [0.15, 0.2) is 18.2 Å². The number of amides is 1. The third kappa shape index (κ3) is 3.74. The minimum absolute atomic E-state index is 0.0259. The molecule has 7 heteroatoms. The maximum atomic E-state index is 13.1. The molecule has 116 valence electrons. The molecule has 0 atom stereocenters. The van der Waals surface area contributed by atoms with Gasteiger partial charge in [0.05, 0.1) is 5.56 Å². The van der Waals surface area contributed by atoms with Gasteiger partial charge in [-0.3, -0.25) is 9.69 Å². The molecule has 0 unspecified atom stereocenters. The van der Waals surface area contributed by atoms with E-state index in [1.165, 1.54) is 12.1 Å². The molecule has 1 aliphatic rings. The number of benzene rings is 1. The molecule has 1 aliphatic heterocycles. The number of rotatable bonds is 3. The van der Waals surface area contributed by atoms with Gasteiger partial charge >= 0.3 is 6.18 Å². The van der Waals surface area contributed by atoms with Crippen LogP contribution in [0.2, 0.25) is 0 Å². The van der Waals surface area contributed by atoms with Crippen molar-refractivity contribution in [2.45, 2.75) is 12.7 Å². The number of halogens is 3. The van der Waals surface area contributed by atoms with Crippen molar-refractivity contribution in [3.63, 3.8) is 0 Å². The summed E-state index contributed by atoms with van der Waals surface area (Å²) in [5.41, 5.74) is 4.36. The molecule has 0 aromatic heterocycles. The van der Waals surface area contributed by atoms with Gasteiger partial charge in [-0.05, 0) is 24.7 Å². The van der Waals surface area contributed by atoms with Crippen LogP contribution in [0.25, 0.3) is 0 Å². The number of carbonyl (C=O) groups is 1. The molecular weight excluding hydrogens is 283 g/mol. The van der Waals surface area contributed by atoms with Gasteiger partial charge in [0.1, 0.15) is 0 Å². The molecule has 21 heavy (non-hydrogen) atoms. The molecule has 1 amide bonds. The third-order valence-electron chi connectivity index (χ3n) is 3.72. The highest BCUT2D eigenvalue weighted by Crippen LogP contribution is 2.34. The molecule has 2 rings (SSSR count). The van der Waals surface area contributed by atoms with Crippen molar-refractivity contribution in [1.29, 1.82) is 0 Å². The van der Waals surface area contributed by atoms with Crippen LogP contribution < -0.4 is 5.73 Å². The van der Waals surface area contributed by atoms with Crippen LogP contribution >= 0.6 is 0 Å². The van der Waals surface area contributed by atoms with Crippen molar-refractivity contribution in [3.05, 3.63) is 34.9 Å². The minimum Gasteiger partial charge on any atom is -0.366 e. The van der Waals surface area contributed by atoms with Gasteiger partial charge in [0.25, 0.3) is 0 Å². The second-order valence-corrected chi connectivity index (χ2v) is 5.27. The summed E-state index contributed by atoms with van der Waals surface area (Å²) in [5.74, 6) is -0.828. The molecule has 1 aromatic rings. The average Bonchev–Trinajstić information content (AvgIpc) is 2.40. The Morgan fingerprint density at radius 2 is 1.86 bits per heavy atom. The van der Waals surface area contributed by atoms with E-state index in [9.17, 15) is 18.0 Å². The first kappa shape index (κ1) is 15.8. The predicted octanol–water partition coefficient (Wildman–Crippen LogP) is 1.55. The number of likely N-dealkylation sites (N-methyl/N-ethyl adjacent to an activating group) is 1. The van der Waals surface area contributed by atoms with Crippen molar-refractivity contribution < 1.29 is 18.0 Å². The summed E-state index contributed by atoms with van der Waals surface area (Å²) in [6.45, 7) is 3.00. The number of alkyl halides is 3. The monoisotopic (exact) mass is 301 g/mol. The van der Waals surface area contributed by atoms with Gasteiger partial charge in [-0.25, -0.2) is 0 Å². The number of nitrogens with zero attached hydrogens (tertiary/aromatic N) is 2. The maximum absolute atomic E-state index is 13.1. The van der Waals surface area contributed by atoms with Crippen LogP contribution in [-0.4, -0.2) is 48.9 Å². The van der Waals surface area contributed by atoms with Gasteiger partial charge in [-0.2, -0.15) is 13.2 Å². The van der Waals surface area contributed by atoms with Crippen molar-refractivity contribution in [1.82, 2.24) is 9.80 Å². The number of hydrogen-bond acceptors (Lipinski definition) is 3. The fraction of sp³-hybridized carbons (Fsp3) is 0.500. The van der Waals surface area contributed by atoms with Crippen LogP contribution in [0, 0.1) is 0 Å². The molecule has 1 aromatic carbocycles. The van der Waals surface area contributed by atoms with Crippen LogP contribution in [0.1, 0.15) is 21.5 Å². The average molecular weight is 301 g/mol. The van der Waals surface area contributed by atoms with Crippen molar-refractivity contribution in [3.8, 4) is 0 Å². The predicted molar refractivity (Wildman–Crippen MR) is 72.7 cm³/mol. The Balaban J connectivity index is 2.33. The summed E-state index contributed by atoms with van der Waals surface area (Å²) in [5, 5.41) is 0. The molecule has 4 nitrogen and oxygen atoms in total. The first-order chi connectivity index (χ1) is 9.79. The fourth-order valence-electron chi connectivity index (χ4n) is 2.48. The van der Waals surface area contributed by atoms with Crippen molar-refractivity contribution >= 4 is 5.91 Å². The van der Waals surface area contributed by atoms with E-state index >= 15 is 0 Å². The topological polar surface area (TPSA) is 49.6 Å². The number of primary amides is 1. The number of nitrogens with two attached hydrogens (primary N) is 1. The molecule has 0 bridgehead atoms. The Kier molecular flexibility index (Phi) is 4.53. The lowest BCUT2D eigenvalue weighted by atomic mass is 9.99. The number of hydrogen-bond donors (Lipinski definition) is 1. The van der Waals surface area contributed by atoms with Gasteiger partial charge in [0.15, 0.2) is 0 Å². The zero-order valence-electron chi connectivity index (χ0n) is 11.8. The molecule has 0 aliphatic carbocycles. The summed E-state index contributed by atoms with van der Waals surface area (Å²) in [7, 11) is 1.97. The van der Waals surface area contributed by atoms with E-state index in [1.54, 1.807) is 0 Å². The molecule has 0 spiro atoms. The molecule has 2 N–H and O–H groups in total. The molecule has 1 fully saturated rings. The number of piperazine rings is 1. The van der Waals surface area contributed by atoms with Crippen LogP contribution in [0.4, 0.5) is 13.2 Å². The first-order valence-electron chi connectivity index (χ1n) is 6.69. The Morgan fingerprint density at radius 3 is 2.38 bits per heavy atom. The molecule has 0 radical (unpaired) electrons. The second kappa shape index (κ2) is 6.03. The lowest BCUT2D eigenvalue weighted by Gasteiger charge is -2.33. The highest BCUT2D eigenvalue weighted by atomic mass is 19.4. The smallest absolute Gasteiger partial charge is 0.366 e. The quantitative estimate of drug-likeness (QED) is 0.921. The summed E-state index contributed by atoms with van der Waals surface area (Å²) in [4.78, 5) is 15.4. The minimum atomic E-state index is -4.49. The Bertz CT molecular complexity index is 523. The Morgan fingerprint density at radius 1 is 1.24 bits per heavy atom. The summed E-state index contributed by atoms with van der Waals surface area (Å²) in [6, 6.07) is 3.57. The molecule has 1 saturated heterocycles. The van der Waals surface area contributed by atoms with Gasteiger partial charge < -0.3 is 10.6 Å². The van der Waals surface area contributed by atoms with E-state index in [4.69, 9.17) is 5.73 Å². The van der Waals surface area contributed by atoms with Gasteiger partial charge in [0.2, 0.25) is 5.91 Å². The van der Waals surface area contributed by atoms with E-state index in [2.05, 4.69) is 4.90 Å². The van der Waals surface area contributed by atoms with Crippen LogP contribution in [-0.2, 0) is 12.7 Å². The summed E-state index contributed by atoms with van der Waals surface area (Å²) in [6.07, 6.45) is -4.49. The zero-order valence-corrected chi connectivity index (χ0v) is 11.8. The molecule has 0 saturated carbocycles. The van der Waals surface area contributed by atoms with Crippen LogP contribution in [0.5, 0.6) is 0 Å². The van der Waals surface area contributed by atoms with E-state index in [1.807, 2.05) is 11.9 Å². The third-order valence-corrected chi connectivity index (χ3v) is 3.72. The van der Waals surface area contributed by atoms with Crippen molar-refractivity contribution in [2.24, 2.45) is 5.73 Å². The summed E-state index contributed by atoms with van der Waals surface area (Å²) >= 11 is 0.